The van der Waals surface area contributed by atoms with Gasteiger partial charge in [-0.3, -0.25) is 0 Å². The predicted octanol–water partition coefficient (Wildman–Crippen LogP) is 4.34. The molecule has 0 aliphatic carbocycles. The van der Waals surface area contributed by atoms with Crippen LogP contribution >= 0.6 is 23.1 Å². The van der Waals surface area contributed by atoms with Gasteiger partial charge >= 0.3 is 0 Å². The Morgan fingerprint density at radius 2 is 1.96 bits per heavy atom. The molecule has 0 bridgehead atoms. The summed E-state index contributed by atoms with van der Waals surface area (Å²) >= 11 is 3.39. The van der Waals surface area contributed by atoms with Crippen LogP contribution in [-0.4, -0.2) is 32.7 Å². The smallest absolute Gasteiger partial charge is 0.235 e. The third-order valence-corrected chi connectivity index (χ3v) is 5.88. The zero-order valence-electron chi connectivity index (χ0n) is 14.3. The van der Waals surface area contributed by atoms with E-state index in [-0.39, 0.29) is 0 Å². The van der Waals surface area contributed by atoms with Crippen molar-refractivity contribution in [2.75, 3.05) is 12.9 Å². The maximum Gasteiger partial charge on any atom is 0.235 e. The Balaban J connectivity index is 1.44. The van der Waals surface area contributed by atoms with Crippen molar-refractivity contribution in [3.8, 4) is 16.3 Å². The zero-order chi connectivity index (χ0) is 17.8. The van der Waals surface area contributed by atoms with E-state index in [0.29, 0.717) is 0 Å². The Labute approximate surface area is 160 Å². The van der Waals surface area contributed by atoms with Crippen LogP contribution in [0.2, 0.25) is 0 Å². The first-order valence-corrected chi connectivity index (χ1v) is 10.3. The molecule has 4 rings (SSSR count). The number of aryl methyl sites for hydroxylation is 1. The van der Waals surface area contributed by atoms with Gasteiger partial charge in [0, 0.05) is 5.56 Å². The Bertz CT molecular complexity index is 997. The fourth-order valence-corrected chi connectivity index (χ4v) is 4.36. The number of thioether (sulfide) groups is 1. The maximum absolute atomic E-state index is 5.30. The standard InChI is InChI=1S/C19H18N4OS2/c1-24-16-9-5-8-15(12-16)18-22-23-17(20-21-19(23)26-18)13-25-11-10-14-6-3-2-4-7-14/h2-9,12H,10-11,13H2,1H3. The molecule has 0 atom stereocenters. The third kappa shape index (κ3) is 3.73. The van der Waals surface area contributed by atoms with E-state index in [1.807, 2.05) is 46.6 Å². The number of fused-ring (bicyclic) bond motifs is 1. The van der Waals surface area contributed by atoms with E-state index in [4.69, 9.17) is 9.84 Å². The van der Waals surface area contributed by atoms with Gasteiger partial charge in [-0.15, -0.1) is 10.2 Å². The lowest BCUT2D eigenvalue weighted by Gasteiger charge is -2.01. The summed E-state index contributed by atoms with van der Waals surface area (Å²) in [5.74, 6) is 3.56. The zero-order valence-corrected chi connectivity index (χ0v) is 16.0. The normalized spacial score (nSPS) is 11.1. The summed E-state index contributed by atoms with van der Waals surface area (Å²) in [6.45, 7) is 0. The van der Waals surface area contributed by atoms with Crippen LogP contribution in [0.3, 0.4) is 0 Å². The fourth-order valence-electron chi connectivity index (χ4n) is 2.62. The van der Waals surface area contributed by atoms with E-state index < -0.39 is 0 Å². The molecule has 7 heteroatoms. The molecular weight excluding hydrogens is 364 g/mol. The van der Waals surface area contributed by atoms with Crippen LogP contribution in [0.1, 0.15) is 11.4 Å². The molecule has 0 radical (unpaired) electrons. The van der Waals surface area contributed by atoms with Crippen LogP contribution in [0.15, 0.2) is 54.6 Å². The van der Waals surface area contributed by atoms with Crippen LogP contribution in [-0.2, 0) is 12.2 Å². The molecule has 0 saturated carbocycles. The van der Waals surface area contributed by atoms with Gasteiger partial charge < -0.3 is 4.74 Å². The van der Waals surface area contributed by atoms with Gasteiger partial charge in [-0.25, -0.2) is 0 Å². The molecule has 4 aromatic rings. The average Bonchev–Trinajstić information content (AvgIpc) is 3.27. The van der Waals surface area contributed by atoms with E-state index >= 15 is 0 Å². The molecule has 0 unspecified atom stereocenters. The van der Waals surface area contributed by atoms with Crippen molar-refractivity contribution in [3.63, 3.8) is 0 Å². The SMILES string of the molecule is COc1cccc(-c2nn3c(CSCCc4ccccc4)nnc3s2)c1. The van der Waals surface area contributed by atoms with E-state index in [1.54, 1.807) is 7.11 Å². The van der Waals surface area contributed by atoms with Gasteiger partial charge in [-0.1, -0.05) is 53.8 Å². The highest BCUT2D eigenvalue weighted by Crippen LogP contribution is 2.28. The third-order valence-electron chi connectivity index (χ3n) is 3.98. The Hall–Kier alpha value is -2.38. The van der Waals surface area contributed by atoms with Crippen LogP contribution in [0.5, 0.6) is 5.75 Å². The lowest BCUT2D eigenvalue weighted by Crippen LogP contribution is -1.96. The molecule has 0 aliphatic heterocycles. The van der Waals surface area contributed by atoms with Gasteiger partial charge in [0.25, 0.3) is 0 Å². The van der Waals surface area contributed by atoms with E-state index in [9.17, 15) is 0 Å². The summed E-state index contributed by atoms with van der Waals surface area (Å²) in [6, 6.07) is 18.5. The number of rotatable bonds is 7. The van der Waals surface area contributed by atoms with E-state index in [2.05, 4.69) is 34.5 Å². The second kappa shape index (κ2) is 7.88. The van der Waals surface area contributed by atoms with Crippen molar-refractivity contribution in [2.24, 2.45) is 0 Å². The molecule has 0 amide bonds. The molecule has 0 fully saturated rings. The van der Waals surface area contributed by atoms with Crippen molar-refractivity contribution in [3.05, 3.63) is 66.0 Å². The minimum Gasteiger partial charge on any atom is -0.497 e. The minimum absolute atomic E-state index is 0.801. The summed E-state index contributed by atoms with van der Waals surface area (Å²) in [5.41, 5.74) is 2.39. The van der Waals surface area contributed by atoms with Crippen molar-refractivity contribution in [2.45, 2.75) is 12.2 Å². The van der Waals surface area contributed by atoms with Gasteiger partial charge in [0.05, 0.1) is 12.9 Å². The predicted molar refractivity (Wildman–Crippen MR) is 107 cm³/mol. The first-order chi connectivity index (χ1) is 12.8. The summed E-state index contributed by atoms with van der Waals surface area (Å²) in [4.78, 5) is 0.821. The number of benzene rings is 2. The quantitative estimate of drug-likeness (QED) is 0.445. The van der Waals surface area contributed by atoms with Gasteiger partial charge in [-0.05, 0) is 29.9 Å². The molecular formula is C19H18N4OS2. The molecule has 0 spiro atoms. The number of hydrogen-bond donors (Lipinski definition) is 0. The summed E-state index contributed by atoms with van der Waals surface area (Å²) < 4.78 is 7.15. The molecule has 0 saturated heterocycles. The first kappa shape index (κ1) is 17.1. The highest BCUT2D eigenvalue weighted by molar-refractivity contribution is 7.98. The number of nitrogens with zero attached hydrogens (tertiary/aromatic N) is 4. The molecule has 2 aromatic heterocycles. The molecule has 2 aromatic carbocycles. The Morgan fingerprint density at radius 3 is 2.81 bits per heavy atom. The van der Waals surface area contributed by atoms with Crippen molar-refractivity contribution in [1.82, 2.24) is 19.8 Å². The molecule has 0 aliphatic rings. The average molecular weight is 383 g/mol. The largest absolute Gasteiger partial charge is 0.497 e. The number of hydrogen-bond acceptors (Lipinski definition) is 6. The summed E-state index contributed by atoms with van der Waals surface area (Å²) in [5, 5.41) is 14.2. The highest BCUT2D eigenvalue weighted by atomic mass is 32.2. The number of aromatic nitrogens is 4. The second-order valence-corrected chi connectivity index (χ2v) is 7.80. The van der Waals surface area contributed by atoms with Crippen LogP contribution in [0.25, 0.3) is 15.5 Å². The fraction of sp³-hybridized carbons (Fsp3) is 0.211. The molecule has 26 heavy (non-hydrogen) atoms. The van der Waals surface area contributed by atoms with Crippen LogP contribution in [0, 0.1) is 0 Å². The lowest BCUT2D eigenvalue weighted by atomic mass is 10.2. The molecule has 132 valence electrons. The van der Waals surface area contributed by atoms with E-state index in [1.165, 1.54) is 16.9 Å². The lowest BCUT2D eigenvalue weighted by molar-refractivity contribution is 0.415. The number of methoxy groups -OCH3 is 1. The van der Waals surface area contributed by atoms with Gasteiger partial charge in [0.1, 0.15) is 10.8 Å². The van der Waals surface area contributed by atoms with Gasteiger partial charge in [-0.2, -0.15) is 21.4 Å². The Kier molecular flexibility index (Phi) is 5.17. The van der Waals surface area contributed by atoms with Gasteiger partial charge in [0.15, 0.2) is 5.82 Å². The van der Waals surface area contributed by atoms with Gasteiger partial charge in [0.2, 0.25) is 4.96 Å². The Morgan fingerprint density at radius 1 is 1.08 bits per heavy atom. The summed E-state index contributed by atoms with van der Waals surface area (Å²) in [6.07, 6.45) is 1.06. The monoisotopic (exact) mass is 382 g/mol. The van der Waals surface area contributed by atoms with Crippen LogP contribution < -0.4 is 4.74 Å². The molecule has 2 heterocycles. The van der Waals surface area contributed by atoms with Crippen LogP contribution in [0.4, 0.5) is 0 Å². The maximum atomic E-state index is 5.30. The first-order valence-electron chi connectivity index (χ1n) is 8.31. The molecule has 5 nitrogen and oxygen atoms in total. The highest BCUT2D eigenvalue weighted by Gasteiger charge is 2.13. The summed E-state index contributed by atoms with van der Waals surface area (Å²) in [7, 11) is 1.67. The number of ether oxygens (including phenoxy) is 1. The molecule has 0 N–H and O–H groups in total. The van der Waals surface area contributed by atoms with E-state index in [0.717, 1.165) is 45.0 Å². The topological polar surface area (TPSA) is 52.3 Å². The minimum atomic E-state index is 0.801. The van der Waals surface area contributed by atoms with Crippen molar-refractivity contribution >= 4 is 28.1 Å². The van der Waals surface area contributed by atoms with Crippen molar-refractivity contribution in [1.29, 1.82) is 0 Å². The van der Waals surface area contributed by atoms with Crippen molar-refractivity contribution < 1.29 is 4.74 Å². The second-order valence-electron chi connectivity index (χ2n) is 5.74.